The molecule has 1 spiro atoms. The molecule has 2 amide bonds. The smallest absolute Gasteiger partial charge is 0.497 e. The molecule has 3 aromatic rings. The number of fused-ring (bicyclic) bond motifs is 2. The van der Waals surface area contributed by atoms with Gasteiger partial charge < -0.3 is 24.5 Å². The molecule has 9 nitrogen and oxygen atoms in total. The Hall–Kier alpha value is -4.10. The van der Waals surface area contributed by atoms with E-state index < -0.39 is 18.2 Å². The molecule has 1 heterocycles. The number of anilines is 2. The Morgan fingerprint density at radius 3 is 2.47 bits per heavy atom. The van der Waals surface area contributed by atoms with Gasteiger partial charge in [-0.05, 0) is 61.2 Å². The minimum atomic E-state index is -4.87. The minimum Gasteiger partial charge on any atom is -0.497 e. The lowest BCUT2D eigenvalue weighted by Crippen LogP contribution is -2.38. The number of carbonyl (C=O) groups is 2. The number of nitrogens with zero attached hydrogens (tertiary/aromatic N) is 2. The molecule has 0 aromatic heterocycles. The summed E-state index contributed by atoms with van der Waals surface area (Å²) < 4.78 is 51.4. The molecule has 1 aliphatic heterocycles. The summed E-state index contributed by atoms with van der Waals surface area (Å²) in [5.41, 5.74) is 3.05. The molecule has 238 valence electrons. The lowest BCUT2D eigenvalue weighted by atomic mass is 9.99. The first-order valence-electron chi connectivity index (χ1n) is 13.8. The van der Waals surface area contributed by atoms with Gasteiger partial charge >= 0.3 is 6.36 Å². The van der Waals surface area contributed by atoms with Gasteiger partial charge in [-0.2, -0.15) is 0 Å². The van der Waals surface area contributed by atoms with Crippen LogP contribution in [0.25, 0.3) is 0 Å². The maximum atomic E-state index is 14.4. The predicted octanol–water partition coefficient (Wildman–Crippen LogP) is 6.61. The predicted molar refractivity (Wildman–Crippen MR) is 167 cm³/mol. The van der Waals surface area contributed by atoms with E-state index in [0.717, 1.165) is 30.4 Å². The van der Waals surface area contributed by atoms with Crippen LogP contribution in [0.15, 0.2) is 65.8 Å². The Morgan fingerprint density at radius 1 is 1.09 bits per heavy atom. The number of hydrogen-bond donors (Lipinski definition) is 2. The van der Waals surface area contributed by atoms with Gasteiger partial charge in [0.05, 0.1) is 18.5 Å². The van der Waals surface area contributed by atoms with Crippen molar-refractivity contribution in [2.45, 2.75) is 37.6 Å². The van der Waals surface area contributed by atoms with Crippen LogP contribution in [0, 0.1) is 0 Å². The highest BCUT2D eigenvalue weighted by Crippen LogP contribution is 2.57. The molecule has 45 heavy (non-hydrogen) atoms. The summed E-state index contributed by atoms with van der Waals surface area (Å²) in [4.78, 5) is 32.8. The van der Waals surface area contributed by atoms with Gasteiger partial charge in [0.15, 0.2) is 6.61 Å². The molecule has 1 aliphatic carbocycles. The first kappa shape index (κ1) is 32.3. The molecule has 14 heteroatoms. The second-order valence-electron chi connectivity index (χ2n) is 10.7. The number of amides is 2. The molecule has 1 atom stereocenters. The third-order valence-electron chi connectivity index (χ3n) is 7.58. The minimum absolute atomic E-state index is 0.269. The van der Waals surface area contributed by atoms with E-state index >= 15 is 0 Å². The molecule has 1 saturated carbocycles. The van der Waals surface area contributed by atoms with Crippen LogP contribution in [0.2, 0.25) is 5.02 Å². The van der Waals surface area contributed by atoms with E-state index in [0.29, 0.717) is 45.5 Å². The fourth-order valence-corrected chi connectivity index (χ4v) is 5.70. The number of nitrogens with one attached hydrogen (secondary N) is 2. The third kappa shape index (κ3) is 7.59. The van der Waals surface area contributed by atoms with Crippen molar-refractivity contribution in [3.05, 3.63) is 82.4 Å². The molecule has 0 radical (unpaired) electrons. The van der Waals surface area contributed by atoms with Crippen molar-refractivity contribution in [2.24, 2.45) is 5.16 Å². The van der Waals surface area contributed by atoms with Crippen LogP contribution in [-0.2, 0) is 19.8 Å². The topological polar surface area (TPSA) is 101 Å². The van der Waals surface area contributed by atoms with E-state index in [9.17, 15) is 22.8 Å². The average molecular weight is 663 g/mol. The summed E-state index contributed by atoms with van der Waals surface area (Å²) in [6.45, 7) is 1.76. The maximum Gasteiger partial charge on any atom is 0.573 e. The molecule has 1 unspecified atom stereocenters. The van der Waals surface area contributed by atoms with Crippen molar-refractivity contribution >= 4 is 52.4 Å². The molecule has 2 aliphatic rings. The molecular formula is C31H30ClF3N4O5S. The maximum absolute atomic E-state index is 14.4. The normalized spacial score (nSPS) is 15.7. The number of alkyl halides is 3. The van der Waals surface area contributed by atoms with Crippen LogP contribution in [0.3, 0.4) is 0 Å². The number of carbonyl (C=O) groups excluding carboxylic acids is 2. The highest BCUT2D eigenvalue weighted by atomic mass is 35.5. The van der Waals surface area contributed by atoms with Crippen molar-refractivity contribution in [2.75, 3.05) is 36.7 Å². The number of ether oxygens (including phenoxy) is 2. The number of benzene rings is 3. The van der Waals surface area contributed by atoms with Gasteiger partial charge in [0.25, 0.3) is 11.8 Å². The lowest BCUT2D eigenvalue weighted by Gasteiger charge is -2.27. The number of hydrogen-bond acceptors (Lipinski definition) is 8. The largest absolute Gasteiger partial charge is 0.573 e. The van der Waals surface area contributed by atoms with Crippen molar-refractivity contribution in [1.82, 2.24) is 4.72 Å². The molecule has 5 rings (SSSR count). The van der Waals surface area contributed by atoms with Crippen LogP contribution in [-0.4, -0.2) is 50.4 Å². The fourth-order valence-electron chi connectivity index (χ4n) is 5.29. The second-order valence-corrected chi connectivity index (χ2v) is 11.7. The van der Waals surface area contributed by atoms with Gasteiger partial charge in [-0.1, -0.05) is 46.9 Å². The standard InChI is InChI=1S/C31H30ClF3N4O5S/c1-18(37-43-16-27(40)38-45-3)20-12-22(14-24(13-20)42-2)36-28(19-4-6-21(32)7-5-19)29(41)39-17-30(10-11-30)25-9-8-23(15-26(25)39)44-31(33,34)35/h4-9,12-15,28,36H,10-11,16-17H2,1-3H3,(H,38,40)/b37-18+. The first-order chi connectivity index (χ1) is 21.4. The van der Waals surface area contributed by atoms with Crippen LogP contribution >= 0.6 is 23.5 Å². The van der Waals surface area contributed by atoms with Gasteiger partial charge in [-0.25, -0.2) is 0 Å². The van der Waals surface area contributed by atoms with E-state index in [-0.39, 0.29) is 23.8 Å². The fraction of sp³-hybridized carbons (Fsp3) is 0.323. The zero-order valence-corrected chi connectivity index (χ0v) is 26.1. The Bertz CT molecular complexity index is 1620. The molecule has 1 fully saturated rings. The SMILES string of the molecule is COc1cc(NC(C(=O)N2CC3(CC3)c3ccc(OC(F)(F)F)cc32)c2ccc(Cl)cc2)cc(/C(C)=N/OCC(=O)NSC)c1. The summed E-state index contributed by atoms with van der Waals surface area (Å²) in [5, 5.41) is 7.81. The first-order valence-corrected chi connectivity index (χ1v) is 15.4. The van der Waals surface area contributed by atoms with E-state index in [2.05, 4.69) is 19.9 Å². The summed E-state index contributed by atoms with van der Waals surface area (Å²) in [6, 6.07) is 15.1. The van der Waals surface area contributed by atoms with Crippen LogP contribution in [0.4, 0.5) is 24.5 Å². The van der Waals surface area contributed by atoms with Crippen molar-refractivity contribution in [3.63, 3.8) is 0 Å². The van der Waals surface area contributed by atoms with Crippen molar-refractivity contribution in [1.29, 1.82) is 0 Å². The molecule has 0 bridgehead atoms. The Labute approximate surface area is 267 Å². The second kappa shape index (κ2) is 13.1. The summed E-state index contributed by atoms with van der Waals surface area (Å²) in [6.07, 6.45) is -1.52. The lowest BCUT2D eigenvalue weighted by molar-refractivity contribution is -0.274. The van der Waals surface area contributed by atoms with Crippen LogP contribution in [0.1, 0.15) is 42.5 Å². The van der Waals surface area contributed by atoms with E-state index in [1.807, 2.05) is 0 Å². The number of rotatable bonds is 11. The zero-order chi connectivity index (χ0) is 32.4. The quantitative estimate of drug-likeness (QED) is 0.135. The van der Waals surface area contributed by atoms with Gasteiger partial charge in [0, 0.05) is 46.6 Å². The third-order valence-corrected chi connectivity index (χ3v) is 8.26. The van der Waals surface area contributed by atoms with E-state index in [1.54, 1.807) is 61.7 Å². The van der Waals surface area contributed by atoms with Gasteiger partial charge in [-0.3, -0.25) is 14.3 Å². The zero-order valence-electron chi connectivity index (χ0n) is 24.5. The molecule has 0 saturated heterocycles. The molecular weight excluding hydrogens is 633 g/mol. The summed E-state index contributed by atoms with van der Waals surface area (Å²) >= 11 is 7.30. The number of halogens is 4. The summed E-state index contributed by atoms with van der Waals surface area (Å²) in [7, 11) is 1.50. The van der Waals surface area contributed by atoms with Gasteiger partial charge in [0.2, 0.25) is 0 Å². The van der Waals surface area contributed by atoms with Gasteiger partial charge in [-0.15, -0.1) is 13.2 Å². The van der Waals surface area contributed by atoms with Crippen LogP contribution < -0.4 is 24.4 Å². The average Bonchev–Trinajstić information content (AvgIpc) is 3.71. The number of methoxy groups -OCH3 is 1. The van der Waals surface area contributed by atoms with Crippen molar-refractivity contribution in [3.8, 4) is 11.5 Å². The molecule has 2 N–H and O–H groups in total. The van der Waals surface area contributed by atoms with E-state index in [1.165, 1.54) is 24.1 Å². The Kier molecular flexibility index (Phi) is 9.40. The summed E-state index contributed by atoms with van der Waals surface area (Å²) in [5.74, 6) is -0.646. The molecule has 3 aromatic carbocycles. The van der Waals surface area contributed by atoms with Crippen LogP contribution in [0.5, 0.6) is 11.5 Å². The highest BCUT2D eigenvalue weighted by molar-refractivity contribution is 7.97. The van der Waals surface area contributed by atoms with Gasteiger partial charge in [0.1, 0.15) is 17.5 Å². The number of oxime groups is 1. The monoisotopic (exact) mass is 662 g/mol. The van der Waals surface area contributed by atoms with E-state index in [4.69, 9.17) is 21.2 Å². The Morgan fingerprint density at radius 2 is 1.82 bits per heavy atom. The highest BCUT2D eigenvalue weighted by Gasteiger charge is 2.54. The van der Waals surface area contributed by atoms with Crippen molar-refractivity contribution < 1.29 is 37.1 Å². The Balaban J connectivity index is 1.48.